The first-order valence-corrected chi connectivity index (χ1v) is 6.62. The van der Waals surface area contributed by atoms with Crippen molar-refractivity contribution in [2.75, 3.05) is 0 Å². The second-order valence-corrected chi connectivity index (χ2v) is 5.07. The first-order valence-electron chi connectivity index (χ1n) is 5.81. The fourth-order valence-electron chi connectivity index (χ4n) is 1.65. The highest BCUT2D eigenvalue weighted by Gasteiger charge is 2.09. The van der Waals surface area contributed by atoms with Crippen LogP contribution < -0.4 is 0 Å². The van der Waals surface area contributed by atoms with Crippen LogP contribution in [0.3, 0.4) is 0 Å². The van der Waals surface area contributed by atoms with Crippen LogP contribution in [-0.4, -0.2) is 4.92 Å². The van der Waals surface area contributed by atoms with E-state index in [9.17, 15) is 14.5 Å². The number of benzene rings is 1. The van der Waals surface area contributed by atoms with Crippen molar-refractivity contribution in [3.63, 3.8) is 0 Å². The Bertz CT molecular complexity index is 617. The molecular formula is C14H12FNO2S. The van der Waals surface area contributed by atoms with Gasteiger partial charge in [-0.15, -0.1) is 11.3 Å². The lowest BCUT2D eigenvalue weighted by molar-refractivity contribution is -0.425. The molecule has 2 aromatic rings. The summed E-state index contributed by atoms with van der Waals surface area (Å²) in [6.45, 7) is 1.75. The Kier molecular flexibility index (Phi) is 4.06. The summed E-state index contributed by atoms with van der Waals surface area (Å²) in [5.74, 6) is -0.276. The first-order chi connectivity index (χ1) is 9.10. The number of allylic oxidation sites excluding steroid dienone is 1. The van der Waals surface area contributed by atoms with Crippen LogP contribution in [0.1, 0.15) is 18.2 Å². The molecule has 0 saturated carbocycles. The molecule has 0 aliphatic carbocycles. The third kappa shape index (κ3) is 3.26. The third-order valence-corrected chi connectivity index (χ3v) is 3.74. The van der Waals surface area contributed by atoms with Crippen molar-refractivity contribution in [3.05, 3.63) is 62.9 Å². The molecule has 2 rings (SSSR count). The van der Waals surface area contributed by atoms with Crippen LogP contribution >= 0.6 is 11.3 Å². The van der Waals surface area contributed by atoms with Gasteiger partial charge in [0.1, 0.15) is 5.82 Å². The standard InChI is InChI=1S/C14H12FNO2S/c1-2-12(16(17)18)9-13-7-8-14(19-13)10-3-5-11(15)6-4-10/h3-9H,2H2,1H3/b12-9+. The molecule has 0 atom stereocenters. The van der Waals surface area contributed by atoms with E-state index in [2.05, 4.69) is 0 Å². The van der Waals surface area contributed by atoms with E-state index in [0.29, 0.717) is 6.42 Å². The first kappa shape index (κ1) is 13.4. The van der Waals surface area contributed by atoms with Gasteiger partial charge in [-0.25, -0.2) is 4.39 Å². The van der Waals surface area contributed by atoms with Crippen molar-refractivity contribution < 1.29 is 9.31 Å². The van der Waals surface area contributed by atoms with Crippen molar-refractivity contribution in [2.24, 2.45) is 0 Å². The molecule has 0 spiro atoms. The highest BCUT2D eigenvalue weighted by atomic mass is 32.1. The highest BCUT2D eigenvalue weighted by molar-refractivity contribution is 7.16. The molecule has 0 aliphatic rings. The van der Waals surface area contributed by atoms with Gasteiger partial charge in [0.2, 0.25) is 5.70 Å². The van der Waals surface area contributed by atoms with Crippen molar-refractivity contribution in [1.82, 2.24) is 0 Å². The third-order valence-electron chi connectivity index (χ3n) is 2.66. The summed E-state index contributed by atoms with van der Waals surface area (Å²) in [5.41, 5.74) is 1.10. The highest BCUT2D eigenvalue weighted by Crippen LogP contribution is 2.29. The maximum atomic E-state index is 12.8. The number of hydrogen-bond acceptors (Lipinski definition) is 3. The van der Waals surface area contributed by atoms with Gasteiger partial charge in [-0.1, -0.05) is 19.1 Å². The fourth-order valence-corrected chi connectivity index (χ4v) is 2.62. The van der Waals surface area contributed by atoms with Gasteiger partial charge < -0.3 is 0 Å². The van der Waals surface area contributed by atoms with E-state index < -0.39 is 0 Å². The molecule has 0 aliphatic heterocycles. The molecule has 98 valence electrons. The van der Waals surface area contributed by atoms with Gasteiger partial charge in [0.25, 0.3) is 0 Å². The van der Waals surface area contributed by atoms with Gasteiger partial charge in [-0.2, -0.15) is 0 Å². The Morgan fingerprint density at radius 2 is 2.00 bits per heavy atom. The van der Waals surface area contributed by atoms with Gasteiger partial charge in [0.05, 0.1) is 4.92 Å². The summed E-state index contributed by atoms with van der Waals surface area (Å²) < 4.78 is 12.8. The summed E-state index contributed by atoms with van der Waals surface area (Å²) in [6, 6.07) is 9.92. The second kappa shape index (κ2) is 5.75. The topological polar surface area (TPSA) is 43.1 Å². The summed E-state index contributed by atoms with van der Waals surface area (Å²) in [7, 11) is 0. The predicted molar refractivity (Wildman–Crippen MR) is 75.0 cm³/mol. The summed E-state index contributed by atoms with van der Waals surface area (Å²) in [6.07, 6.45) is 1.97. The Hall–Kier alpha value is -2.01. The van der Waals surface area contributed by atoms with E-state index >= 15 is 0 Å². The Labute approximate surface area is 114 Å². The summed E-state index contributed by atoms with van der Waals surface area (Å²) >= 11 is 1.45. The molecule has 1 aromatic carbocycles. The quantitative estimate of drug-likeness (QED) is 0.606. The lowest BCUT2D eigenvalue weighted by atomic mass is 10.2. The monoisotopic (exact) mass is 277 g/mol. The van der Waals surface area contributed by atoms with Gasteiger partial charge >= 0.3 is 0 Å². The minimum atomic E-state index is -0.364. The van der Waals surface area contributed by atoms with Crippen LogP contribution in [0.15, 0.2) is 42.1 Å². The molecule has 5 heteroatoms. The van der Waals surface area contributed by atoms with Crippen molar-refractivity contribution in [2.45, 2.75) is 13.3 Å². The lowest BCUT2D eigenvalue weighted by Gasteiger charge is -1.96. The van der Waals surface area contributed by atoms with E-state index in [0.717, 1.165) is 15.3 Å². The average Bonchev–Trinajstić information content (AvgIpc) is 2.85. The smallest absolute Gasteiger partial charge is 0.247 e. The van der Waals surface area contributed by atoms with Crippen molar-refractivity contribution in [3.8, 4) is 10.4 Å². The number of halogens is 1. The molecule has 1 aromatic heterocycles. The molecule has 0 unspecified atom stereocenters. The molecule has 0 saturated heterocycles. The van der Waals surface area contributed by atoms with E-state index in [1.165, 1.54) is 23.5 Å². The number of nitro groups is 1. The zero-order valence-electron chi connectivity index (χ0n) is 10.3. The van der Waals surface area contributed by atoms with Gasteiger partial charge in [0.15, 0.2) is 0 Å². The minimum absolute atomic E-state index is 0.188. The van der Waals surface area contributed by atoms with E-state index in [4.69, 9.17) is 0 Å². The van der Waals surface area contributed by atoms with E-state index in [1.54, 1.807) is 25.1 Å². The molecule has 0 amide bonds. The summed E-state index contributed by atoms with van der Waals surface area (Å²) in [4.78, 5) is 12.2. The molecule has 0 fully saturated rings. The molecule has 0 radical (unpaired) electrons. The van der Waals surface area contributed by atoms with Gasteiger partial charge in [-0.05, 0) is 29.8 Å². The van der Waals surface area contributed by atoms with Crippen LogP contribution in [0, 0.1) is 15.9 Å². The van der Waals surface area contributed by atoms with Gasteiger partial charge in [-0.3, -0.25) is 10.1 Å². The lowest BCUT2D eigenvalue weighted by Crippen LogP contribution is -1.95. The molecule has 1 heterocycles. The molecule has 3 nitrogen and oxygen atoms in total. The number of hydrogen-bond donors (Lipinski definition) is 0. The van der Waals surface area contributed by atoms with Crippen molar-refractivity contribution in [1.29, 1.82) is 0 Å². The maximum absolute atomic E-state index is 12.8. The minimum Gasteiger partial charge on any atom is -0.259 e. The van der Waals surface area contributed by atoms with E-state index in [-0.39, 0.29) is 16.4 Å². The van der Waals surface area contributed by atoms with Crippen LogP contribution in [0.2, 0.25) is 0 Å². The van der Waals surface area contributed by atoms with Crippen molar-refractivity contribution >= 4 is 17.4 Å². The zero-order valence-corrected chi connectivity index (χ0v) is 11.1. The number of nitrogens with zero attached hydrogens (tertiary/aromatic N) is 1. The van der Waals surface area contributed by atoms with Gasteiger partial charge in [0, 0.05) is 22.3 Å². The number of rotatable bonds is 4. The summed E-state index contributed by atoms with van der Waals surface area (Å²) in [5, 5.41) is 10.7. The zero-order chi connectivity index (χ0) is 13.8. The molecule has 0 bridgehead atoms. The average molecular weight is 277 g/mol. The molecular weight excluding hydrogens is 265 g/mol. The largest absolute Gasteiger partial charge is 0.259 e. The normalized spacial score (nSPS) is 11.6. The number of thiophene rings is 1. The Balaban J connectivity index is 2.29. The van der Waals surface area contributed by atoms with Crippen LogP contribution in [-0.2, 0) is 0 Å². The molecule has 0 N–H and O–H groups in total. The second-order valence-electron chi connectivity index (χ2n) is 3.96. The SMILES string of the molecule is CC/C(=C\c1ccc(-c2ccc(F)cc2)s1)[N+](=O)[O-]. The Morgan fingerprint density at radius 1 is 1.32 bits per heavy atom. The van der Waals surface area contributed by atoms with Crippen LogP contribution in [0.5, 0.6) is 0 Å². The predicted octanol–water partition coefficient (Wildman–Crippen LogP) is 4.58. The Morgan fingerprint density at radius 3 is 2.58 bits per heavy atom. The fraction of sp³-hybridized carbons (Fsp3) is 0.143. The van der Waals surface area contributed by atoms with E-state index in [1.807, 2.05) is 12.1 Å². The molecule has 19 heavy (non-hydrogen) atoms. The van der Waals surface area contributed by atoms with Crippen LogP contribution in [0.25, 0.3) is 16.5 Å². The maximum Gasteiger partial charge on any atom is 0.247 e. The van der Waals surface area contributed by atoms with Crippen LogP contribution in [0.4, 0.5) is 4.39 Å².